The number of anilines is 1. The molecule has 0 bridgehead atoms. The topological polar surface area (TPSA) is 59.6 Å². The Labute approximate surface area is 134 Å². The number of nitrogens with two attached hydrogens (primary N) is 1. The lowest BCUT2D eigenvalue weighted by molar-refractivity contribution is 0.141. The summed E-state index contributed by atoms with van der Waals surface area (Å²) in [6.07, 6.45) is 6.13. The Balaban J connectivity index is 1.97. The molecule has 0 unspecified atom stereocenters. The number of benzene rings is 1. The van der Waals surface area contributed by atoms with Crippen LogP contribution in [-0.4, -0.2) is 26.2 Å². The summed E-state index contributed by atoms with van der Waals surface area (Å²) >= 11 is 0. The number of hydrogen-bond acceptors (Lipinski definition) is 2. The molecule has 0 aliphatic heterocycles. The molecule has 2 rings (SSSR count). The molecular formula is C18H29N3O. The molecule has 0 saturated heterocycles. The Hall–Kier alpha value is -1.55. The summed E-state index contributed by atoms with van der Waals surface area (Å²) in [5.41, 5.74) is 9.89. The van der Waals surface area contributed by atoms with Crippen molar-refractivity contribution >= 4 is 11.6 Å². The molecule has 3 N–H and O–H groups in total. The van der Waals surface area contributed by atoms with Crippen LogP contribution in [0.1, 0.15) is 43.2 Å². The molecule has 1 aliphatic rings. The van der Waals surface area contributed by atoms with Gasteiger partial charge < -0.3 is 15.8 Å². The van der Waals surface area contributed by atoms with E-state index in [1.165, 1.54) is 36.8 Å². The van der Waals surface area contributed by atoms with Gasteiger partial charge in [-0.1, -0.05) is 18.9 Å². The zero-order chi connectivity index (χ0) is 16.0. The third kappa shape index (κ3) is 4.47. The van der Waals surface area contributed by atoms with Gasteiger partial charge in [0.05, 0.1) is 0 Å². The number of nitrogens with one attached hydrogen (secondary N) is 1. The maximum Gasteiger partial charge on any atom is 0.193 e. The van der Waals surface area contributed by atoms with E-state index in [9.17, 15) is 0 Å². The predicted octanol–water partition coefficient (Wildman–Crippen LogP) is 3.63. The van der Waals surface area contributed by atoms with Crippen LogP contribution in [0.2, 0.25) is 0 Å². The van der Waals surface area contributed by atoms with E-state index in [1.54, 1.807) is 7.11 Å². The molecule has 0 spiro atoms. The van der Waals surface area contributed by atoms with Gasteiger partial charge in [-0.05, 0) is 61.8 Å². The van der Waals surface area contributed by atoms with Gasteiger partial charge in [-0.15, -0.1) is 0 Å². The van der Waals surface area contributed by atoms with E-state index in [0.717, 1.165) is 25.3 Å². The maximum absolute atomic E-state index is 6.07. The van der Waals surface area contributed by atoms with Crippen LogP contribution in [0.25, 0.3) is 0 Å². The summed E-state index contributed by atoms with van der Waals surface area (Å²) in [4.78, 5) is 4.61. The number of rotatable bonds is 6. The molecule has 1 aromatic carbocycles. The molecule has 0 heterocycles. The summed E-state index contributed by atoms with van der Waals surface area (Å²) in [5, 5.41) is 3.20. The van der Waals surface area contributed by atoms with E-state index in [-0.39, 0.29) is 5.41 Å². The molecule has 0 aromatic heterocycles. The molecule has 22 heavy (non-hydrogen) atoms. The summed E-state index contributed by atoms with van der Waals surface area (Å²) in [6.45, 7) is 5.81. The Morgan fingerprint density at radius 2 is 2.00 bits per heavy atom. The normalized spacial score (nSPS) is 17.7. The van der Waals surface area contributed by atoms with Crippen LogP contribution < -0.4 is 11.1 Å². The third-order valence-corrected chi connectivity index (χ3v) is 4.86. The van der Waals surface area contributed by atoms with E-state index in [1.807, 2.05) is 6.07 Å². The van der Waals surface area contributed by atoms with Crippen LogP contribution in [0.15, 0.2) is 23.2 Å². The third-order valence-electron chi connectivity index (χ3n) is 4.86. The van der Waals surface area contributed by atoms with Crippen molar-refractivity contribution < 1.29 is 4.74 Å². The molecule has 1 fully saturated rings. The average molecular weight is 303 g/mol. The summed E-state index contributed by atoms with van der Waals surface area (Å²) in [5.74, 6) is 0.506. The predicted molar refractivity (Wildman–Crippen MR) is 93.4 cm³/mol. The quantitative estimate of drug-likeness (QED) is 0.623. The molecule has 1 saturated carbocycles. The van der Waals surface area contributed by atoms with Crippen LogP contribution in [-0.2, 0) is 4.74 Å². The minimum absolute atomic E-state index is 0.283. The van der Waals surface area contributed by atoms with Gasteiger partial charge in [-0.25, -0.2) is 0 Å². The van der Waals surface area contributed by atoms with Gasteiger partial charge in [-0.2, -0.15) is 0 Å². The summed E-state index contributed by atoms with van der Waals surface area (Å²) in [6, 6.07) is 6.25. The number of aliphatic imine (C=N–C) groups is 1. The second-order valence-corrected chi connectivity index (χ2v) is 6.58. The molecule has 1 aliphatic carbocycles. The van der Waals surface area contributed by atoms with Crippen molar-refractivity contribution in [3.8, 4) is 0 Å². The second kappa shape index (κ2) is 7.63. The van der Waals surface area contributed by atoms with Crippen molar-refractivity contribution in [3.63, 3.8) is 0 Å². The first kappa shape index (κ1) is 16.8. The van der Waals surface area contributed by atoms with E-state index >= 15 is 0 Å². The first-order valence-electron chi connectivity index (χ1n) is 8.18. The van der Waals surface area contributed by atoms with Crippen LogP contribution >= 0.6 is 0 Å². The number of nitrogens with zero attached hydrogens (tertiary/aromatic N) is 1. The van der Waals surface area contributed by atoms with Gasteiger partial charge in [0.15, 0.2) is 5.96 Å². The zero-order valence-corrected chi connectivity index (χ0v) is 14.1. The minimum Gasteiger partial charge on any atom is -0.385 e. The monoisotopic (exact) mass is 303 g/mol. The van der Waals surface area contributed by atoms with Gasteiger partial charge in [0.2, 0.25) is 0 Å². The van der Waals surface area contributed by atoms with E-state index in [0.29, 0.717) is 5.96 Å². The highest BCUT2D eigenvalue weighted by molar-refractivity contribution is 5.92. The van der Waals surface area contributed by atoms with Crippen molar-refractivity contribution in [2.45, 2.75) is 46.0 Å². The standard InChI is InChI=1S/C18H29N3O/c1-14-6-7-16(12-15(14)2)21-17(19)20-13-18(10-11-22-3)8-4-5-9-18/h6-7,12H,4-5,8-11,13H2,1-3H3,(H3,19,20,21). The fraction of sp³-hybridized carbons (Fsp3) is 0.611. The lowest BCUT2D eigenvalue weighted by atomic mass is 9.83. The first-order chi connectivity index (χ1) is 10.5. The lowest BCUT2D eigenvalue weighted by Crippen LogP contribution is -2.28. The number of methoxy groups -OCH3 is 1. The number of hydrogen-bond donors (Lipinski definition) is 2. The SMILES string of the molecule is COCCC1(CN=C(N)Nc2ccc(C)c(C)c2)CCCC1. The molecule has 122 valence electrons. The maximum atomic E-state index is 6.07. The first-order valence-corrected chi connectivity index (χ1v) is 8.18. The van der Waals surface area contributed by atoms with E-state index in [2.05, 4.69) is 36.3 Å². The molecule has 0 amide bonds. The number of aryl methyl sites for hydroxylation is 2. The largest absolute Gasteiger partial charge is 0.385 e. The van der Waals surface area contributed by atoms with Crippen molar-refractivity contribution in [2.24, 2.45) is 16.1 Å². The van der Waals surface area contributed by atoms with Crippen LogP contribution in [0.3, 0.4) is 0 Å². The highest BCUT2D eigenvalue weighted by Gasteiger charge is 2.33. The van der Waals surface area contributed by atoms with E-state index in [4.69, 9.17) is 10.5 Å². The Kier molecular flexibility index (Phi) is 5.83. The van der Waals surface area contributed by atoms with Gasteiger partial charge in [0.25, 0.3) is 0 Å². The van der Waals surface area contributed by atoms with Gasteiger partial charge in [-0.3, -0.25) is 4.99 Å². The average Bonchev–Trinajstić information content (AvgIpc) is 2.96. The summed E-state index contributed by atoms with van der Waals surface area (Å²) in [7, 11) is 1.77. The van der Waals surface area contributed by atoms with Gasteiger partial charge in [0, 0.05) is 25.9 Å². The highest BCUT2D eigenvalue weighted by Crippen LogP contribution is 2.41. The number of guanidine groups is 1. The van der Waals surface area contributed by atoms with Gasteiger partial charge >= 0.3 is 0 Å². The Morgan fingerprint density at radius 3 is 2.64 bits per heavy atom. The van der Waals surface area contributed by atoms with Crippen molar-refractivity contribution in [1.82, 2.24) is 0 Å². The smallest absolute Gasteiger partial charge is 0.193 e. The van der Waals surface area contributed by atoms with Crippen LogP contribution in [0.5, 0.6) is 0 Å². The molecule has 0 radical (unpaired) electrons. The molecule has 1 aromatic rings. The Morgan fingerprint density at radius 1 is 1.27 bits per heavy atom. The highest BCUT2D eigenvalue weighted by atomic mass is 16.5. The van der Waals surface area contributed by atoms with Crippen molar-refractivity contribution in [3.05, 3.63) is 29.3 Å². The lowest BCUT2D eigenvalue weighted by Gasteiger charge is -2.26. The number of ether oxygens (including phenoxy) is 1. The second-order valence-electron chi connectivity index (χ2n) is 6.58. The molecular weight excluding hydrogens is 274 g/mol. The summed E-state index contributed by atoms with van der Waals surface area (Å²) < 4.78 is 5.26. The Bertz CT molecular complexity index is 519. The van der Waals surface area contributed by atoms with Crippen molar-refractivity contribution in [1.29, 1.82) is 0 Å². The molecule has 4 heteroatoms. The fourth-order valence-corrected chi connectivity index (χ4v) is 3.19. The zero-order valence-electron chi connectivity index (χ0n) is 14.1. The van der Waals surface area contributed by atoms with Crippen LogP contribution in [0, 0.1) is 19.3 Å². The van der Waals surface area contributed by atoms with Crippen molar-refractivity contribution in [2.75, 3.05) is 25.6 Å². The fourth-order valence-electron chi connectivity index (χ4n) is 3.19. The van der Waals surface area contributed by atoms with Gasteiger partial charge in [0.1, 0.15) is 0 Å². The minimum atomic E-state index is 0.283. The van der Waals surface area contributed by atoms with Crippen LogP contribution in [0.4, 0.5) is 5.69 Å². The molecule has 0 atom stereocenters. The van der Waals surface area contributed by atoms with E-state index < -0.39 is 0 Å². The molecule has 4 nitrogen and oxygen atoms in total.